The summed E-state index contributed by atoms with van der Waals surface area (Å²) >= 11 is 0. The number of nitrogens with zero attached hydrogens (tertiary/aromatic N) is 2. The fraction of sp³-hybridized carbons (Fsp3) is 0.125. The van der Waals surface area contributed by atoms with Gasteiger partial charge in [-0.25, -0.2) is 5.84 Å². The van der Waals surface area contributed by atoms with E-state index in [9.17, 15) is 0 Å². The third-order valence-corrected chi connectivity index (χ3v) is 1.55. The minimum Gasteiger partial charge on any atom is -0.388 e. The number of rotatable bonds is 2. The molecule has 0 aliphatic heterocycles. The average Bonchev–Trinajstić information content (AvgIpc) is 2.05. The van der Waals surface area contributed by atoms with Crippen LogP contribution in [0.5, 0.6) is 0 Å². The summed E-state index contributed by atoms with van der Waals surface area (Å²) in [6.07, 6.45) is 1.16. The summed E-state index contributed by atoms with van der Waals surface area (Å²) in [4.78, 5) is 0. The number of nitrogens with two attached hydrogens (primary N) is 2. The Morgan fingerprint density at radius 3 is 2.67 bits per heavy atom. The largest absolute Gasteiger partial charge is 0.388 e. The van der Waals surface area contributed by atoms with Crippen LogP contribution in [-0.4, -0.2) is 6.34 Å². The van der Waals surface area contributed by atoms with E-state index in [0.29, 0.717) is 0 Å². The maximum atomic E-state index is 5.56. The summed E-state index contributed by atoms with van der Waals surface area (Å²) in [6.45, 7) is 1.96. The van der Waals surface area contributed by atoms with E-state index in [-0.39, 0.29) is 0 Å². The first kappa shape index (κ1) is 8.55. The third-order valence-electron chi connectivity index (χ3n) is 1.55. The minimum atomic E-state index is 0.846. The molecule has 0 aliphatic rings. The fourth-order valence-corrected chi connectivity index (χ4v) is 0.954. The zero-order chi connectivity index (χ0) is 8.97. The number of hydrazine groups is 1. The van der Waals surface area contributed by atoms with Crippen LogP contribution in [0.2, 0.25) is 0 Å². The first-order valence-electron chi connectivity index (χ1n) is 3.60. The molecule has 0 bridgehead atoms. The van der Waals surface area contributed by atoms with Gasteiger partial charge in [0, 0.05) is 0 Å². The van der Waals surface area contributed by atoms with Gasteiger partial charge in [0.2, 0.25) is 0 Å². The number of hydrazone groups is 1. The summed E-state index contributed by atoms with van der Waals surface area (Å²) in [7, 11) is 0. The number of benzene rings is 1. The van der Waals surface area contributed by atoms with Crippen molar-refractivity contribution in [1.29, 1.82) is 0 Å². The number of hydrogen-bond acceptors (Lipinski definition) is 3. The third kappa shape index (κ3) is 1.73. The molecule has 0 spiro atoms. The van der Waals surface area contributed by atoms with Gasteiger partial charge >= 0.3 is 0 Å². The molecule has 1 aromatic rings. The van der Waals surface area contributed by atoms with Crippen molar-refractivity contribution in [2.24, 2.45) is 16.7 Å². The van der Waals surface area contributed by atoms with Crippen LogP contribution in [-0.2, 0) is 0 Å². The molecule has 0 amide bonds. The second-order valence-electron chi connectivity index (χ2n) is 2.40. The summed E-state index contributed by atoms with van der Waals surface area (Å²) in [6, 6.07) is 7.68. The molecule has 0 radical (unpaired) electrons. The first-order valence-corrected chi connectivity index (χ1v) is 3.60. The fourth-order valence-electron chi connectivity index (χ4n) is 0.954. The summed E-state index contributed by atoms with van der Waals surface area (Å²) in [5.74, 6) is 5.56. The lowest BCUT2D eigenvalue weighted by Crippen LogP contribution is -2.26. The van der Waals surface area contributed by atoms with Crippen LogP contribution in [0.25, 0.3) is 0 Å². The standard InChI is InChI=1S/C8H12N4/c1-7-4-2-3-5-8(7)12(10)11-6-9/h2-6H,10H2,1H3,(H2,9,11). The van der Waals surface area contributed by atoms with Crippen LogP contribution in [0.3, 0.4) is 0 Å². The number of aryl methyl sites for hydroxylation is 1. The Morgan fingerprint density at radius 1 is 1.42 bits per heavy atom. The molecule has 4 heteroatoms. The lowest BCUT2D eigenvalue weighted by molar-refractivity contribution is 0.922. The van der Waals surface area contributed by atoms with E-state index >= 15 is 0 Å². The Balaban J connectivity index is 2.94. The van der Waals surface area contributed by atoms with Gasteiger partial charge in [0.05, 0.1) is 5.69 Å². The van der Waals surface area contributed by atoms with Crippen molar-refractivity contribution in [2.75, 3.05) is 5.12 Å². The molecule has 4 N–H and O–H groups in total. The molecule has 0 atom stereocenters. The van der Waals surface area contributed by atoms with Gasteiger partial charge in [0.1, 0.15) is 6.34 Å². The molecule has 0 fully saturated rings. The smallest absolute Gasteiger partial charge is 0.108 e. The molecule has 0 aromatic heterocycles. The molecule has 1 rings (SSSR count). The zero-order valence-electron chi connectivity index (χ0n) is 6.94. The number of hydrogen-bond donors (Lipinski definition) is 2. The molecule has 0 saturated heterocycles. The van der Waals surface area contributed by atoms with Crippen LogP contribution in [0, 0.1) is 6.92 Å². The van der Waals surface area contributed by atoms with E-state index in [1.165, 1.54) is 5.12 Å². The Bertz CT molecular complexity index is 282. The minimum absolute atomic E-state index is 0.846. The van der Waals surface area contributed by atoms with Crippen molar-refractivity contribution in [2.45, 2.75) is 6.92 Å². The Morgan fingerprint density at radius 2 is 2.08 bits per heavy atom. The van der Waals surface area contributed by atoms with Gasteiger partial charge in [0.25, 0.3) is 0 Å². The lowest BCUT2D eigenvalue weighted by atomic mass is 10.2. The second-order valence-corrected chi connectivity index (χ2v) is 2.40. The molecule has 4 nitrogen and oxygen atoms in total. The summed E-state index contributed by atoms with van der Waals surface area (Å²) < 4.78 is 0. The van der Waals surface area contributed by atoms with E-state index < -0.39 is 0 Å². The van der Waals surface area contributed by atoms with E-state index in [0.717, 1.165) is 17.6 Å². The molecular formula is C8H12N4. The van der Waals surface area contributed by atoms with Crippen LogP contribution >= 0.6 is 0 Å². The summed E-state index contributed by atoms with van der Waals surface area (Å²) in [5.41, 5.74) is 7.01. The van der Waals surface area contributed by atoms with Crippen molar-refractivity contribution < 1.29 is 0 Å². The van der Waals surface area contributed by atoms with Gasteiger partial charge < -0.3 is 5.73 Å². The van der Waals surface area contributed by atoms with Crippen LogP contribution in [0.1, 0.15) is 5.56 Å². The van der Waals surface area contributed by atoms with Crippen molar-refractivity contribution in [3.63, 3.8) is 0 Å². The van der Waals surface area contributed by atoms with Crippen LogP contribution < -0.4 is 16.7 Å². The Kier molecular flexibility index (Phi) is 2.66. The van der Waals surface area contributed by atoms with E-state index in [2.05, 4.69) is 5.10 Å². The van der Waals surface area contributed by atoms with Crippen molar-refractivity contribution >= 4 is 12.0 Å². The van der Waals surface area contributed by atoms with E-state index in [1.807, 2.05) is 31.2 Å². The highest BCUT2D eigenvalue weighted by Crippen LogP contribution is 2.15. The number of anilines is 1. The number of para-hydroxylation sites is 1. The van der Waals surface area contributed by atoms with Gasteiger partial charge in [-0.3, -0.25) is 0 Å². The Labute approximate surface area is 71.4 Å². The normalized spacial score (nSPS) is 10.5. The molecular weight excluding hydrogens is 152 g/mol. The molecule has 0 aliphatic carbocycles. The Hall–Kier alpha value is -1.55. The quantitative estimate of drug-likeness (QED) is 0.291. The molecule has 0 unspecified atom stereocenters. The first-order chi connectivity index (χ1) is 5.75. The molecule has 12 heavy (non-hydrogen) atoms. The molecule has 1 aromatic carbocycles. The molecule has 0 saturated carbocycles. The zero-order valence-corrected chi connectivity index (χ0v) is 6.94. The maximum Gasteiger partial charge on any atom is 0.108 e. The van der Waals surface area contributed by atoms with E-state index in [1.54, 1.807) is 0 Å². The van der Waals surface area contributed by atoms with Crippen LogP contribution in [0.4, 0.5) is 5.69 Å². The van der Waals surface area contributed by atoms with Gasteiger partial charge in [0.15, 0.2) is 0 Å². The van der Waals surface area contributed by atoms with Crippen molar-refractivity contribution in [1.82, 2.24) is 0 Å². The highest BCUT2D eigenvalue weighted by Gasteiger charge is 2.00. The highest BCUT2D eigenvalue weighted by atomic mass is 15.6. The average molecular weight is 164 g/mol. The molecule has 0 heterocycles. The predicted molar refractivity (Wildman–Crippen MR) is 50.5 cm³/mol. The topological polar surface area (TPSA) is 67.6 Å². The van der Waals surface area contributed by atoms with Crippen LogP contribution in [0.15, 0.2) is 29.4 Å². The molecule has 64 valence electrons. The van der Waals surface area contributed by atoms with Gasteiger partial charge in [-0.2, -0.15) is 5.12 Å². The van der Waals surface area contributed by atoms with Crippen molar-refractivity contribution in [3.05, 3.63) is 29.8 Å². The highest BCUT2D eigenvalue weighted by molar-refractivity contribution is 5.57. The van der Waals surface area contributed by atoms with Gasteiger partial charge in [-0.05, 0) is 18.6 Å². The monoisotopic (exact) mass is 164 g/mol. The van der Waals surface area contributed by atoms with Gasteiger partial charge in [-0.1, -0.05) is 18.2 Å². The van der Waals surface area contributed by atoms with E-state index in [4.69, 9.17) is 11.6 Å². The maximum absolute atomic E-state index is 5.56. The SMILES string of the molecule is Cc1ccccc1N(N)/N=C\N. The summed E-state index contributed by atoms with van der Waals surface area (Å²) in [5, 5.41) is 4.96. The predicted octanol–water partition coefficient (Wildman–Crippen LogP) is 0.577. The second kappa shape index (κ2) is 3.73. The van der Waals surface area contributed by atoms with Crippen molar-refractivity contribution in [3.8, 4) is 0 Å². The van der Waals surface area contributed by atoms with Gasteiger partial charge in [-0.15, -0.1) is 5.10 Å². The lowest BCUT2D eigenvalue weighted by Gasteiger charge is -2.13.